The molecule has 2 unspecified atom stereocenters. The molecule has 1 aliphatic heterocycles. The second-order valence-corrected chi connectivity index (χ2v) is 10.3. The minimum atomic E-state index is -0.562. The summed E-state index contributed by atoms with van der Waals surface area (Å²) in [4.78, 5) is 20.2. The van der Waals surface area contributed by atoms with E-state index in [1.165, 1.54) is 19.3 Å². The van der Waals surface area contributed by atoms with Crippen molar-refractivity contribution in [1.82, 2.24) is 19.9 Å². The Kier molecular flexibility index (Phi) is 5.53. The van der Waals surface area contributed by atoms with Crippen LogP contribution in [0.25, 0.3) is 32.9 Å². The summed E-state index contributed by atoms with van der Waals surface area (Å²) < 4.78 is 22.3. The third kappa shape index (κ3) is 4.06. The summed E-state index contributed by atoms with van der Waals surface area (Å²) in [5, 5.41) is 12.5. The number of hydrogen-bond acceptors (Lipinski definition) is 7. The van der Waals surface area contributed by atoms with E-state index in [1.807, 2.05) is 36.4 Å². The Hall–Kier alpha value is -4.33. The molecule has 2 fully saturated rings. The van der Waals surface area contributed by atoms with Gasteiger partial charge in [0.05, 0.1) is 5.39 Å². The summed E-state index contributed by atoms with van der Waals surface area (Å²) >= 11 is 0. The maximum absolute atomic E-state index is 16.4. The fourth-order valence-corrected chi connectivity index (χ4v) is 6.02. The lowest BCUT2D eigenvalue weighted by atomic mass is 9.98. The number of anilines is 1. The number of ether oxygens (including phenoxy) is 1. The highest BCUT2D eigenvalue weighted by Gasteiger charge is 2.34. The van der Waals surface area contributed by atoms with E-state index in [4.69, 9.17) is 9.72 Å². The Morgan fingerprint density at radius 3 is 2.63 bits per heavy atom. The lowest BCUT2D eigenvalue weighted by Gasteiger charge is -2.33. The Labute approximate surface area is 219 Å². The maximum Gasteiger partial charge on any atom is 0.319 e. The molecule has 38 heavy (non-hydrogen) atoms. The first kappa shape index (κ1) is 22.8. The average molecular weight is 508 g/mol. The van der Waals surface area contributed by atoms with E-state index >= 15 is 4.39 Å². The number of nitrogens with zero attached hydrogens (tertiary/aromatic N) is 5. The Bertz CT molecular complexity index is 1650. The summed E-state index contributed by atoms with van der Waals surface area (Å²) in [6, 6.07) is 14.6. The van der Waals surface area contributed by atoms with Gasteiger partial charge in [-0.1, -0.05) is 30.3 Å². The molecule has 5 aromatic rings. The van der Waals surface area contributed by atoms with Crippen molar-refractivity contribution in [1.29, 1.82) is 0 Å². The summed E-state index contributed by atoms with van der Waals surface area (Å²) in [6.45, 7) is 1.98. The summed E-state index contributed by atoms with van der Waals surface area (Å²) in [7, 11) is 0. The van der Waals surface area contributed by atoms with Crippen molar-refractivity contribution in [2.24, 2.45) is 11.8 Å². The Morgan fingerprint density at radius 2 is 1.82 bits per heavy atom. The summed E-state index contributed by atoms with van der Waals surface area (Å²) in [6.07, 6.45) is 8.76. The van der Waals surface area contributed by atoms with Gasteiger partial charge in [0.1, 0.15) is 29.4 Å². The minimum absolute atomic E-state index is 0.0488. The summed E-state index contributed by atoms with van der Waals surface area (Å²) in [5.41, 5.74) is 1.67. The predicted octanol–water partition coefficient (Wildman–Crippen LogP) is 5.90. The number of benzene rings is 2. The molecular formula is C30H26FN5O2. The Morgan fingerprint density at radius 1 is 0.974 bits per heavy atom. The van der Waals surface area contributed by atoms with Gasteiger partial charge in [-0.2, -0.15) is 9.97 Å². The molecular weight excluding hydrogens is 481 g/mol. The smallest absolute Gasteiger partial charge is 0.319 e. The van der Waals surface area contributed by atoms with Crippen LogP contribution in [0.15, 0.2) is 67.1 Å². The SMILES string of the molecule is Oc1cc(-c2ncc3c(N4CC5CCC(C5)C4)nc(OCc4cccnc4)nc3c2F)c2ccccc2c1. The molecule has 1 saturated carbocycles. The molecule has 190 valence electrons. The lowest BCUT2D eigenvalue weighted by molar-refractivity contribution is 0.281. The number of aromatic nitrogens is 4. The number of pyridine rings is 2. The van der Waals surface area contributed by atoms with Gasteiger partial charge in [0.25, 0.3) is 0 Å². The van der Waals surface area contributed by atoms with Gasteiger partial charge in [0.2, 0.25) is 0 Å². The van der Waals surface area contributed by atoms with Crippen LogP contribution in [0, 0.1) is 17.7 Å². The second kappa shape index (κ2) is 9.20. The first-order valence-electron chi connectivity index (χ1n) is 13.0. The quantitative estimate of drug-likeness (QED) is 0.317. The van der Waals surface area contributed by atoms with E-state index in [0.717, 1.165) is 29.4 Å². The van der Waals surface area contributed by atoms with Gasteiger partial charge in [0.15, 0.2) is 5.82 Å². The van der Waals surface area contributed by atoms with Crippen molar-refractivity contribution >= 4 is 27.5 Å². The molecule has 2 bridgehead atoms. The van der Waals surface area contributed by atoms with Crippen LogP contribution in [0.3, 0.4) is 0 Å². The minimum Gasteiger partial charge on any atom is -0.508 e. The van der Waals surface area contributed by atoms with E-state index in [9.17, 15) is 5.11 Å². The number of phenols is 1. The van der Waals surface area contributed by atoms with Gasteiger partial charge in [-0.05, 0) is 60.1 Å². The van der Waals surface area contributed by atoms with Crippen molar-refractivity contribution in [3.8, 4) is 23.0 Å². The fraction of sp³-hybridized carbons (Fsp3) is 0.267. The highest BCUT2D eigenvalue weighted by molar-refractivity contribution is 5.99. The first-order chi connectivity index (χ1) is 18.6. The zero-order valence-electron chi connectivity index (χ0n) is 20.7. The topological polar surface area (TPSA) is 84.3 Å². The van der Waals surface area contributed by atoms with Crippen LogP contribution < -0.4 is 9.64 Å². The van der Waals surface area contributed by atoms with Crippen molar-refractivity contribution in [2.75, 3.05) is 18.0 Å². The van der Waals surface area contributed by atoms with Crippen LogP contribution in [0.5, 0.6) is 11.8 Å². The third-order valence-corrected chi connectivity index (χ3v) is 7.74. The summed E-state index contributed by atoms with van der Waals surface area (Å²) in [5.74, 6) is 1.39. The van der Waals surface area contributed by atoms with E-state index in [2.05, 4.69) is 19.9 Å². The van der Waals surface area contributed by atoms with Crippen LogP contribution in [0.4, 0.5) is 10.2 Å². The van der Waals surface area contributed by atoms with Gasteiger partial charge in [-0.25, -0.2) is 4.39 Å². The maximum atomic E-state index is 16.4. The van der Waals surface area contributed by atoms with E-state index < -0.39 is 5.82 Å². The molecule has 8 heteroatoms. The molecule has 2 atom stereocenters. The van der Waals surface area contributed by atoms with Crippen molar-refractivity contribution in [3.63, 3.8) is 0 Å². The van der Waals surface area contributed by atoms with Crippen molar-refractivity contribution in [3.05, 3.63) is 78.5 Å². The largest absolute Gasteiger partial charge is 0.508 e. The van der Waals surface area contributed by atoms with Crippen LogP contribution in [0.2, 0.25) is 0 Å². The van der Waals surface area contributed by atoms with Crippen molar-refractivity contribution < 1.29 is 14.2 Å². The number of hydrogen-bond donors (Lipinski definition) is 1. The molecule has 2 aliphatic rings. The molecule has 7 nitrogen and oxygen atoms in total. The number of aromatic hydroxyl groups is 1. The fourth-order valence-electron chi connectivity index (χ4n) is 6.02. The molecule has 0 amide bonds. The number of piperidine rings is 1. The number of phenolic OH excluding ortho intramolecular Hbond substituents is 1. The predicted molar refractivity (Wildman–Crippen MR) is 144 cm³/mol. The molecule has 7 rings (SSSR count). The van der Waals surface area contributed by atoms with Crippen LogP contribution >= 0.6 is 0 Å². The molecule has 4 heterocycles. The average Bonchev–Trinajstić information content (AvgIpc) is 3.29. The van der Waals surface area contributed by atoms with Gasteiger partial charge < -0.3 is 14.7 Å². The molecule has 2 aromatic carbocycles. The van der Waals surface area contributed by atoms with Crippen LogP contribution in [-0.4, -0.2) is 38.1 Å². The molecule has 0 spiro atoms. The molecule has 1 N–H and O–H groups in total. The molecule has 3 aromatic heterocycles. The van der Waals surface area contributed by atoms with Crippen LogP contribution in [-0.2, 0) is 6.61 Å². The second-order valence-electron chi connectivity index (χ2n) is 10.3. The lowest BCUT2D eigenvalue weighted by Crippen LogP contribution is -2.37. The van der Waals surface area contributed by atoms with E-state index in [0.29, 0.717) is 28.6 Å². The van der Waals surface area contributed by atoms with Gasteiger partial charge in [0, 0.05) is 42.8 Å². The molecule has 1 saturated heterocycles. The standard InChI is InChI=1S/C30H26FN5O2/c31-26-27(24-12-22(37)11-21-5-1-2-6-23(21)24)33-14-25-28(26)34-30(38-17-20-4-3-9-32-13-20)35-29(25)36-15-18-7-8-19(10-18)16-36/h1-6,9,11-14,18-19,37H,7-8,10,15-17H2. The first-order valence-corrected chi connectivity index (χ1v) is 13.0. The highest BCUT2D eigenvalue weighted by atomic mass is 19.1. The molecule has 1 aliphatic carbocycles. The highest BCUT2D eigenvalue weighted by Crippen LogP contribution is 2.41. The molecule has 0 radical (unpaired) electrons. The van der Waals surface area contributed by atoms with E-state index in [-0.39, 0.29) is 29.6 Å². The third-order valence-electron chi connectivity index (χ3n) is 7.74. The zero-order valence-corrected chi connectivity index (χ0v) is 20.7. The zero-order chi connectivity index (χ0) is 25.6. The number of halogens is 1. The van der Waals surface area contributed by atoms with Gasteiger partial charge >= 0.3 is 6.01 Å². The van der Waals surface area contributed by atoms with Gasteiger partial charge in [-0.15, -0.1) is 0 Å². The number of fused-ring (bicyclic) bond motifs is 4. The van der Waals surface area contributed by atoms with Crippen molar-refractivity contribution in [2.45, 2.75) is 25.9 Å². The van der Waals surface area contributed by atoms with Crippen LogP contribution in [0.1, 0.15) is 24.8 Å². The normalized spacial score (nSPS) is 18.8. The number of rotatable bonds is 5. The Balaban J connectivity index is 1.38. The van der Waals surface area contributed by atoms with Gasteiger partial charge in [-0.3, -0.25) is 9.97 Å². The monoisotopic (exact) mass is 507 g/mol. The van der Waals surface area contributed by atoms with E-state index in [1.54, 1.807) is 30.7 Å².